The Morgan fingerprint density at radius 3 is 2.58 bits per heavy atom. The van der Waals surface area contributed by atoms with Crippen LogP contribution < -0.4 is 0 Å². The zero-order valence-corrected chi connectivity index (χ0v) is 11.0. The van der Waals surface area contributed by atoms with E-state index in [0.717, 1.165) is 5.56 Å². The Hall–Kier alpha value is -1.60. The maximum absolute atomic E-state index is 11.7. The Morgan fingerprint density at radius 1 is 1.37 bits per heavy atom. The first-order valence-electron chi connectivity index (χ1n) is 5.88. The summed E-state index contributed by atoms with van der Waals surface area (Å²) in [5.41, 5.74) is 0.864. The van der Waals surface area contributed by atoms with Crippen LogP contribution in [0.5, 0.6) is 0 Å². The van der Waals surface area contributed by atoms with Crippen LogP contribution in [-0.2, 0) is 21.5 Å². The van der Waals surface area contributed by atoms with Gasteiger partial charge in [0.2, 0.25) is 0 Å². The van der Waals surface area contributed by atoms with Gasteiger partial charge in [0, 0.05) is 6.54 Å². The summed E-state index contributed by atoms with van der Waals surface area (Å²) in [6, 6.07) is 8.72. The fourth-order valence-corrected chi connectivity index (χ4v) is 2.73. The van der Waals surface area contributed by atoms with Crippen LogP contribution in [-0.4, -0.2) is 42.3 Å². The van der Waals surface area contributed by atoms with Gasteiger partial charge in [-0.05, 0) is 12.0 Å². The fourth-order valence-electron chi connectivity index (χ4n) is 1.90. The van der Waals surface area contributed by atoms with Crippen LogP contribution in [0.15, 0.2) is 30.3 Å². The molecular weight excluding hydrogens is 270 g/mol. The van der Waals surface area contributed by atoms with Crippen molar-refractivity contribution in [2.75, 3.05) is 12.3 Å². The molecule has 0 spiro atoms. The Balaban J connectivity index is 1.84. The summed E-state index contributed by atoms with van der Waals surface area (Å²) >= 11 is 0. The van der Waals surface area contributed by atoms with Crippen molar-refractivity contribution < 1.29 is 22.5 Å². The minimum atomic E-state index is -4.07. The van der Waals surface area contributed by atoms with E-state index in [2.05, 4.69) is 0 Å². The van der Waals surface area contributed by atoms with Gasteiger partial charge < -0.3 is 9.64 Å². The number of hydrogen-bond donors (Lipinski definition) is 1. The first-order chi connectivity index (χ1) is 8.96. The molecule has 1 aliphatic heterocycles. The van der Waals surface area contributed by atoms with E-state index in [9.17, 15) is 13.2 Å². The quantitative estimate of drug-likeness (QED) is 0.843. The lowest BCUT2D eigenvalue weighted by molar-refractivity contribution is 0.0502. The van der Waals surface area contributed by atoms with E-state index in [1.807, 2.05) is 30.3 Å². The van der Waals surface area contributed by atoms with E-state index < -0.39 is 28.0 Å². The SMILES string of the molecule is O=C(OCc1ccccc1)N1CC[C@@H]1CS(=O)(=O)O. The third kappa shape index (κ3) is 3.93. The fraction of sp³-hybridized carbons (Fsp3) is 0.417. The summed E-state index contributed by atoms with van der Waals surface area (Å²) in [6.07, 6.45) is 0.00370. The van der Waals surface area contributed by atoms with Gasteiger partial charge in [0.1, 0.15) is 6.61 Å². The molecule has 0 bridgehead atoms. The number of amides is 1. The van der Waals surface area contributed by atoms with E-state index in [1.54, 1.807) is 0 Å². The molecule has 6 nitrogen and oxygen atoms in total. The van der Waals surface area contributed by atoms with Gasteiger partial charge in [0.15, 0.2) is 0 Å². The molecule has 2 rings (SSSR count). The van der Waals surface area contributed by atoms with Gasteiger partial charge in [-0.1, -0.05) is 30.3 Å². The van der Waals surface area contributed by atoms with Crippen LogP contribution in [0.4, 0.5) is 4.79 Å². The molecule has 0 aliphatic carbocycles. The van der Waals surface area contributed by atoms with Gasteiger partial charge in [-0.3, -0.25) is 4.55 Å². The predicted molar refractivity (Wildman–Crippen MR) is 68.2 cm³/mol. The average molecular weight is 285 g/mol. The Kier molecular flexibility index (Phi) is 4.06. The van der Waals surface area contributed by atoms with Gasteiger partial charge in [-0.25, -0.2) is 4.79 Å². The maximum Gasteiger partial charge on any atom is 0.410 e. The normalized spacial score (nSPS) is 18.8. The maximum atomic E-state index is 11.7. The molecule has 1 aliphatic rings. The number of likely N-dealkylation sites (tertiary alicyclic amines) is 1. The minimum absolute atomic E-state index is 0.148. The number of rotatable bonds is 4. The number of benzene rings is 1. The molecule has 7 heteroatoms. The van der Waals surface area contributed by atoms with Crippen LogP contribution in [0.2, 0.25) is 0 Å². The van der Waals surface area contributed by atoms with Crippen molar-refractivity contribution in [3.05, 3.63) is 35.9 Å². The predicted octanol–water partition coefficient (Wildman–Crippen LogP) is 1.29. The first-order valence-corrected chi connectivity index (χ1v) is 7.49. The summed E-state index contributed by atoms with van der Waals surface area (Å²) < 4.78 is 35.4. The summed E-state index contributed by atoms with van der Waals surface area (Å²) in [5.74, 6) is -0.437. The van der Waals surface area contributed by atoms with Crippen molar-refractivity contribution in [2.24, 2.45) is 0 Å². The van der Waals surface area contributed by atoms with Gasteiger partial charge in [0.25, 0.3) is 10.1 Å². The molecule has 0 aromatic heterocycles. The summed E-state index contributed by atoms with van der Waals surface area (Å²) in [5, 5.41) is 0. The van der Waals surface area contributed by atoms with Crippen LogP contribution in [0.1, 0.15) is 12.0 Å². The second-order valence-electron chi connectivity index (χ2n) is 4.42. The van der Waals surface area contributed by atoms with Gasteiger partial charge in [-0.2, -0.15) is 8.42 Å². The van der Waals surface area contributed by atoms with Crippen LogP contribution >= 0.6 is 0 Å². The molecule has 0 radical (unpaired) electrons. The van der Waals surface area contributed by atoms with Crippen molar-refractivity contribution in [2.45, 2.75) is 19.1 Å². The summed E-state index contributed by atoms with van der Waals surface area (Å²) in [6.45, 7) is 0.600. The standard InChI is InChI=1S/C12H15NO5S/c14-12(18-8-10-4-2-1-3-5-10)13-7-6-11(13)9-19(15,16)17/h1-5,11H,6-9H2,(H,15,16,17)/t11-/m1/s1. The van der Waals surface area contributed by atoms with Crippen molar-refractivity contribution in [1.82, 2.24) is 4.90 Å². The van der Waals surface area contributed by atoms with Gasteiger partial charge in [0.05, 0.1) is 11.8 Å². The van der Waals surface area contributed by atoms with Crippen molar-refractivity contribution in [3.63, 3.8) is 0 Å². The second-order valence-corrected chi connectivity index (χ2v) is 5.92. The third-order valence-electron chi connectivity index (χ3n) is 2.99. The number of hydrogen-bond acceptors (Lipinski definition) is 4. The highest BCUT2D eigenvalue weighted by Gasteiger charge is 2.36. The second kappa shape index (κ2) is 5.58. The van der Waals surface area contributed by atoms with Crippen LogP contribution in [0.25, 0.3) is 0 Å². The Labute approximate surface area is 111 Å². The molecule has 0 unspecified atom stereocenters. The minimum Gasteiger partial charge on any atom is -0.445 e. The highest BCUT2D eigenvalue weighted by Crippen LogP contribution is 2.20. The molecule has 1 aromatic carbocycles. The monoisotopic (exact) mass is 285 g/mol. The van der Waals surface area contributed by atoms with Crippen molar-refractivity contribution in [3.8, 4) is 0 Å². The van der Waals surface area contributed by atoms with Crippen LogP contribution in [0.3, 0.4) is 0 Å². The first kappa shape index (κ1) is 13.8. The van der Waals surface area contributed by atoms with Crippen molar-refractivity contribution >= 4 is 16.2 Å². The van der Waals surface area contributed by atoms with E-state index in [4.69, 9.17) is 9.29 Å². The van der Waals surface area contributed by atoms with Gasteiger partial charge >= 0.3 is 6.09 Å². The Bertz CT molecular complexity index is 542. The molecule has 1 fully saturated rings. The van der Waals surface area contributed by atoms with Gasteiger partial charge in [-0.15, -0.1) is 0 Å². The molecule has 1 atom stereocenters. The van der Waals surface area contributed by atoms with Crippen molar-refractivity contribution in [1.29, 1.82) is 0 Å². The molecule has 1 heterocycles. The Morgan fingerprint density at radius 2 is 2.05 bits per heavy atom. The molecule has 19 heavy (non-hydrogen) atoms. The lowest BCUT2D eigenvalue weighted by atomic mass is 10.1. The molecule has 1 saturated heterocycles. The van der Waals surface area contributed by atoms with Crippen LogP contribution in [0, 0.1) is 0 Å². The highest BCUT2D eigenvalue weighted by atomic mass is 32.2. The number of nitrogens with zero attached hydrogens (tertiary/aromatic N) is 1. The lowest BCUT2D eigenvalue weighted by Gasteiger charge is -2.39. The summed E-state index contributed by atoms with van der Waals surface area (Å²) in [7, 11) is -4.07. The largest absolute Gasteiger partial charge is 0.445 e. The third-order valence-corrected chi connectivity index (χ3v) is 3.79. The molecular formula is C12H15NO5S. The molecule has 0 saturated carbocycles. The topological polar surface area (TPSA) is 83.9 Å². The summed E-state index contributed by atoms with van der Waals surface area (Å²) in [4.78, 5) is 13.0. The zero-order chi connectivity index (χ0) is 13.9. The number of ether oxygens (including phenoxy) is 1. The average Bonchev–Trinajstić information content (AvgIpc) is 2.33. The number of carbonyl (C=O) groups excluding carboxylic acids is 1. The number of carbonyl (C=O) groups is 1. The molecule has 1 amide bonds. The zero-order valence-electron chi connectivity index (χ0n) is 10.2. The van der Waals surface area contributed by atoms with E-state index in [-0.39, 0.29) is 6.61 Å². The van der Waals surface area contributed by atoms with E-state index in [0.29, 0.717) is 13.0 Å². The molecule has 104 valence electrons. The van der Waals surface area contributed by atoms with E-state index in [1.165, 1.54) is 4.90 Å². The molecule has 1 aromatic rings. The van der Waals surface area contributed by atoms with E-state index >= 15 is 0 Å². The molecule has 1 N–H and O–H groups in total. The smallest absolute Gasteiger partial charge is 0.410 e. The highest BCUT2D eigenvalue weighted by molar-refractivity contribution is 7.85. The lowest BCUT2D eigenvalue weighted by Crippen LogP contribution is -2.54.